The molecule has 0 unspecified atom stereocenters. The van der Waals surface area contributed by atoms with Crippen LogP contribution in [0.25, 0.3) is 0 Å². The van der Waals surface area contributed by atoms with Gasteiger partial charge in [0.25, 0.3) is 5.91 Å². The zero-order chi connectivity index (χ0) is 11.5. The van der Waals surface area contributed by atoms with Crippen LogP contribution in [0.3, 0.4) is 0 Å². The summed E-state index contributed by atoms with van der Waals surface area (Å²) < 4.78 is 2.33. The molecule has 0 atom stereocenters. The molecule has 0 N–H and O–H groups in total. The summed E-state index contributed by atoms with van der Waals surface area (Å²) in [6.07, 6.45) is 2.04. The quantitative estimate of drug-likeness (QED) is 0.847. The van der Waals surface area contributed by atoms with E-state index in [0.717, 1.165) is 15.7 Å². The van der Waals surface area contributed by atoms with Crippen LogP contribution in [0.2, 0.25) is 0 Å². The van der Waals surface area contributed by atoms with Crippen LogP contribution in [0.5, 0.6) is 0 Å². The van der Waals surface area contributed by atoms with Crippen molar-refractivity contribution in [3.05, 3.63) is 52.3 Å². The first-order chi connectivity index (χ1) is 7.66. The van der Waals surface area contributed by atoms with Crippen LogP contribution in [0, 0.1) is 6.92 Å². The molecule has 0 fully saturated rings. The van der Waals surface area contributed by atoms with Crippen LogP contribution >= 0.6 is 15.9 Å². The van der Waals surface area contributed by atoms with Gasteiger partial charge in [-0.05, 0) is 24.6 Å². The van der Waals surface area contributed by atoms with Gasteiger partial charge >= 0.3 is 0 Å². The zero-order valence-electron chi connectivity index (χ0n) is 8.85. The van der Waals surface area contributed by atoms with Crippen LogP contribution in [0.15, 0.2) is 41.0 Å². The number of hydrogen-bond acceptors (Lipinski definition) is 2. The van der Waals surface area contributed by atoms with Crippen molar-refractivity contribution in [2.45, 2.75) is 13.3 Å². The fraction of sp³-hybridized carbons (Fsp3) is 0.167. The number of benzene rings is 1. The van der Waals surface area contributed by atoms with Crippen LogP contribution in [0.1, 0.15) is 16.1 Å². The van der Waals surface area contributed by atoms with E-state index in [1.807, 2.05) is 37.3 Å². The predicted octanol–water partition coefficient (Wildman–Crippen LogP) is 2.84. The number of carbonyl (C=O) groups excluding carboxylic acids is 1. The Kier molecular flexibility index (Phi) is 3.19. The van der Waals surface area contributed by atoms with Gasteiger partial charge in [0.2, 0.25) is 0 Å². The van der Waals surface area contributed by atoms with Crippen molar-refractivity contribution in [1.82, 2.24) is 9.78 Å². The standard InChI is InChI=1S/C12H11BrN2O/c1-9-6-7-15(14-9)12(16)8-10-4-2-3-5-11(10)13/h2-7H,8H2,1H3. The molecule has 0 spiro atoms. The predicted molar refractivity (Wildman–Crippen MR) is 65.4 cm³/mol. The lowest BCUT2D eigenvalue weighted by Gasteiger charge is -2.03. The Balaban J connectivity index is 2.17. The molecule has 0 saturated carbocycles. The average molecular weight is 279 g/mol. The van der Waals surface area contributed by atoms with Gasteiger partial charge in [-0.1, -0.05) is 34.1 Å². The second-order valence-corrected chi connectivity index (χ2v) is 4.42. The first-order valence-corrected chi connectivity index (χ1v) is 5.75. The van der Waals surface area contributed by atoms with E-state index in [0.29, 0.717) is 6.42 Å². The van der Waals surface area contributed by atoms with Gasteiger partial charge in [0.15, 0.2) is 0 Å². The molecule has 0 aliphatic rings. The summed E-state index contributed by atoms with van der Waals surface area (Å²) in [6.45, 7) is 1.86. The number of aryl methyl sites for hydroxylation is 1. The highest BCUT2D eigenvalue weighted by atomic mass is 79.9. The highest BCUT2D eigenvalue weighted by molar-refractivity contribution is 9.10. The van der Waals surface area contributed by atoms with Crippen LogP contribution in [-0.4, -0.2) is 15.7 Å². The molecule has 0 saturated heterocycles. The number of nitrogens with zero attached hydrogens (tertiary/aromatic N) is 2. The Morgan fingerprint density at radius 3 is 2.75 bits per heavy atom. The molecule has 1 aromatic carbocycles. The van der Waals surface area contributed by atoms with Gasteiger partial charge in [-0.15, -0.1) is 0 Å². The Bertz CT molecular complexity index is 519. The average Bonchev–Trinajstić information content (AvgIpc) is 2.68. The lowest BCUT2D eigenvalue weighted by molar-refractivity contribution is 0.0898. The number of carbonyl (C=O) groups is 1. The molecule has 0 aliphatic carbocycles. The first kappa shape index (κ1) is 11.1. The van der Waals surface area contributed by atoms with Gasteiger partial charge in [-0.25, -0.2) is 4.68 Å². The maximum Gasteiger partial charge on any atom is 0.251 e. The van der Waals surface area contributed by atoms with E-state index < -0.39 is 0 Å². The van der Waals surface area contributed by atoms with Crippen molar-refractivity contribution in [1.29, 1.82) is 0 Å². The largest absolute Gasteiger partial charge is 0.272 e. The molecule has 82 valence electrons. The minimum absolute atomic E-state index is 0.0278. The first-order valence-electron chi connectivity index (χ1n) is 4.95. The van der Waals surface area contributed by atoms with Gasteiger partial charge in [0, 0.05) is 10.7 Å². The lowest BCUT2D eigenvalue weighted by atomic mass is 10.1. The topological polar surface area (TPSA) is 34.9 Å². The van der Waals surface area contributed by atoms with E-state index in [2.05, 4.69) is 21.0 Å². The van der Waals surface area contributed by atoms with Crippen molar-refractivity contribution in [2.24, 2.45) is 0 Å². The summed E-state index contributed by atoms with van der Waals surface area (Å²) in [5.74, 6) is -0.0278. The molecule has 0 bridgehead atoms. The minimum Gasteiger partial charge on any atom is -0.272 e. The molecule has 0 amide bonds. The normalized spacial score (nSPS) is 10.4. The smallest absolute Gasteiger partial charge is 0.251 e. The molecule has 2 rings (SSSR count). The molecule has 2 aromatic rings. The third-order valence-electron chi connectivity index (χ3n) is 2.28. The minimum atomic E-state index is -0.0278. The number of halogens is 1. The summed E-state index contributed by atoms with van der Waals surface area (Å²) in [5.41, 5.74) is 1.82. The van der Waals surface area contributed by atoms with E-state index >= 15 is 0 Å². The molecular weight excluding hydrogens is 268 g/mol. The molecule has 4 heteroatoms. The van der Waals surface area contributed by atoms with Crippen molar-refractivity contribution in [3.63, 3.8) is 0 Å². The fourth-order valence-electron chi connectivity index (χ4n) is 1.44. The summed E-state index contributed by atoms with van der Waals surface area (Å²) in [4.78, 5) is 11.9. The third kappa shape index (κ3) is 2.39. The summed E-state index contributed by atoms with van der Waals surface area (Å²) in [6, 6.07) is 9.52. The summed E-state index contributed by atoms with van der Waals surface area (Å²) in [7, 11) is 0. The van der Waals surface area contributed by atoms with Crippen LogP contribution < -0.4 is 0 Å². The molecule has 1 heterocycles. The van der Waals surface area contributed by atoms with Gasteiger partial charge in [0.1, 0.15) is 0 Å². The Labute approximate surface area is 102 Å². The number of rotatable bonds is 2. The summed E-state index contributed by atoms with van der Waals surface area (Å²) >= 11 is 3.42. The molecule has 0 aliphatic heterocycles. The highest BCUT2D eigenvalue weighted by Crippen LogP contribution is 2.16. The summed E-state index contributed by atoms with van der Waals surface area (Å²) in [5, 5.41) is 4.09. The van der Waals surface area contributed by atoms with E-state index in [1.54, 1.807) is 6.20 Å². The van der Waals surface area contributed by atoms with Gasteiger partial charge in [-0.3, -0.25) is 4.79 Å². The Morgan fingerprint density at radius 1 is 1.38 bits per heavy atom. The Hall–Kier alpha value is -1.42. The zero-order valence-corrected chi connectivity index (χ0v) is 10.4. The van der Waals surface area contributed by atoms with Crippen molar-refractivity contribution < 1.29 is 4.79 Å². The Morgan fingerprint density at radius 2 is 2.12 bits per heavy atom. The van der Waals surface area contributed by atoms with Crippen molar-refractivity contribution in [2.75, 3.05) is 0 Å². The number of aromatic nitrogens is 2. The van der Waals surface area contributed by atoms with E-state index in [1.165, 1.54) is 4.68 Å². The van der Waals surface area contributed by atoms with Crippen molar-refractivity contribution in [3.8, 4) is 0 Å². The van der Waals surface area contributed by atoms with E-state index in [9.17, 15) is 4.79 Å². The molecule has 1 aromatic heterocycles. The third-order valence-corrected chi connectivity index (χ3v) is 3.05. The maximum atomic E-state index is 11.9. The molecular formula is C12H11BrN2O. The van der Waals surface area contributed by atoms with Crippen LogP contribution in [0.4, 0.5) is 0 Å². The van der Waals surface area contributed by atoms with Gasteiger partial charge in [-0.2, -0.15) is 5.10 Å². The van der Waals surface area contributed by atoms with Crippen molar-refractivity contribution >= 4 is 21.8 Å². The fourth-order valence-corrected chi connectivity index (χ4v) is 1.86. The molecule has 0 radical (unpaired) electrons. The second-order valence-electron chi connectivity index (χ2n) is 3.56. The molecule has 3 nitrogen and oxygen atoms in total. The maximum absolute atomic E-state index is 11.9. The second kappa shape index (κ2) is 4.61. The van der Waals surface area contributed by atoms with Crippen LogP contribution in [-0.2, 0) is 6.42 Å². The monoisotopic (exact) mass is 278 g/mol. The van der Waals surface area contributed by atoms with E-state index in [4.69, 9.17) is 0 Å². The van der Waals surface area contributed by atoms with Gasteiger partial charge < -0.3 is 0 Å². The molecule has 16 heavy (non-hydrogen) atoms. The SMILES string of the molecule is Cc1ccn(C(=O)Cc2ccccc2Br)n1. The lowest BCUT2D eigenvalue weighted by Crippen LogP contribution is -2.14. The highest BCUT2D eigenvalue weighted by Gasteiger charge is 2.09. The van der Waals surface area contributed by atoms with Gasteiger partial charge in [0.05, 0.1) is 12.1 Å². The van der Waals surface area contributed by atoms with E-state index in [-0.39, 0.29) is 5.91 Å². The number of hydrogen-bond donors (Lipinski definition) is 0.